The molecule has 20 heavy (non-hydrogen) atoms. The predicted molar refractivity (Wildman–Crippen MR) is 80.4 cm³/mol. The number of hydrogen-bond acceptors (Lipinski definition) is 3. The van der Waals surface area contributed by atoms with E-state index in [1.165, 1.54) is 6.42 Å². The quantitative estimate of drug-likeness (QED) is 0.900. The number of aryl methyl sites for hydroxylation is 2. The number of rotatable bonds is 2. The Morgan fingerprint density at radius 1 is 1.35 bits per heavy atom. The van der Waals surface area contributed by atoms with E-state index in [0.29, 0.717) is 29.1 Å². The number of aromatic nitrogens is 1. The van der Waals surface area contributed by atoms with E-state index >= 15 is 0 Å². The summed E-state index contributed by atoms with van der Waals surface area (Å²) in [6.45, 7) is 11.3. The van der Waals surface area contributed by atoms with Gasteiger partial charge in [-0.2, -0.15) is 0 Å². The Labute approximate surface area is 120 Å². The van der Waals surface area contributed by atoms with E-state index in [1.807, 2.05) is 13.0 Å². The van der Waals surface area contributed by atoms with Crippen molar-refractivity contribution in [2.45, 2.75) is 47.1 Å². The maximum Gasteiger partial charge on any atom is 0.339 e. The van der Waals surface area contributed by atoms with Gasteiger partial charge in [-0.3, -0.25) is 4.98 Å². The smallest absolute Gasteiger partial charge is 0.339 e. The first-order valence-electron chi connectivity index (χ1n) is 7.29. The highest BCUT2D eigenvalue weighted by molar-refractivity contribution is 5.95. The molecule has 1 N–H and O–H groups in total. The van der Waals surface area contributed by atoms with Crippen molar-refractivity contribution in [2.24, 2.45) is 11.8 Å². The molecule has 0 amide bonds. The molecule has 3 unspecified atom stereocenters. The number of aromatic carboxylic acids is 1. The number of anilines is 1. The van der Waals surface area contributed by atoms with Crippen LogP contribution in [0.1, 0.15) is 48.9 Å². The average molecular weight is 276 g/mol. The van der Waals surface area contributed by atoms with Gasteiger partial charge in [0.25, 0.3) is 0 Å². The Hall–Kier alpha value is -1.58. The lowest BCUT2D eigenvalue weighted by molar-refractivity contribution is 0.0695. The molecule has 0 bridgehead atoms. The standard InChI is InChI=1S/C16H24N2O2/c1-9-6-10(2)13(5)18(8-9)14-7-11(3)17-12(4)15(14)16(19)20/h7,9-10,13H,6,8H2,1-5H3,(H,19,20). The molecule has 0 saturated carbocycles. The Balaban J connectivity index is 2.53. The van der Waals surface area contributed by atoms with Crippen molar-refractivity contribution in [3.05, 3.63) is 23.0 Å². The third-order valence-corrected chi connectivity index (χ3v) is 4.43. The van der Waals surface area contributed by atoms with Gasteiger partial charge in [0.1, 0.15) is 5.56 Å². The van der Waals surface area contributed by atoms with Crippen molar-refractivity contribution in [1.82, 2.24) is 4.98 Å². The van der Waals surface area contributed by atoms with Crippen molar-refractivity contribution < 1.29 is 9.90 Å². The maximum absolute atomic E-state index is 11.6. The highest BCUT2D eigenvalue weighted by atomic mass is 16.4. The molecule has 4 nitrogen and oxygen atoms in total. The van der Waals surface area contributed by atoms with Gasteiger partial charge >= 0.3 is 5.97 Å². The second-order valence-electron chi connectivity index (χ2n) is 6.26. The molecule has 110 valence electrons. The van der Waals surface area contributed by atoms with Crippen LogP contribution in [0.5, 0.6) is 0 Å². The summed E-state index contributed by atoms with van der Waals surface area (Å²) in [5.74, 6) is 0.258. The van der Waals surface area contributed by atoms with E-state index in [4.69, 9.17) is 0 Å². The third kappa shape index (κ3) is 2.65. The zero-order valence-electron chi connectivity index (χ0n) is 13.0. The number of piperidine rings is 1. The predicted octanol–water partition coefficient (Wildman–Crippen LogP) is 3.27. The van der Waals surface area contributed by atoms with Gasteiger partial charge in [-0.25, -0.2) is 4.79 Å². The van der Waals surface area contributed by atoms with E-state index in [-0.39, 0.29) is 0 Å². The van der Waals surface area contributed by atoms with Gasteiger partial charge in [-0.05, 0) is 45.1 Å². The van der Waals surface area contributed by atoms with Crippen molar-refractivity contribution in [2.75, 3.05) is 11.4 Å². The molecule has 1 aliphatic rings. The largest absolute Gasteiger partial charge is 0.478 e. The minimum absolute atomic E-state index is 0.351. The van der Waals surface area contributed by atoms with Crippen molar-refractivity contribution in [3.8, 4) is 0 Å². The van der Waals surface area contributed by atoms with E-state index < -0.39 is 5.97 Å². The average Bonchev–Trinajstić information content (AvgIpc) is 2.32. The van der Waals surface area contributed by atoms with Crippen LogP contribution >= 0.6 is 0 Å². The monoisotopic (exact) mass is 276 g/mol. The Kier molecular flexibility index (Phi) is 4.02. The summed E-state index contributed by atoms with van der Waals surface area (Å²) in [7, 11) is 0. The molecule has 0 aromatic carbocycles. The summed E-state index contributed by atoms with van der Waals surface area (Å²) < 4.78 is 0. The first-order valence-corrected chi connectivity index (χ1v) is 7.29. The lowest BCUT2D eigenvalue weighted by atomic mass is 9.85. The number of hydrogen-bond donors (Lipinski definition) is 1. The van der Waals surface area contributed by atoms with Crippen LogP contribution in [0, 0.1) is 25.7 Å². The van der Waals surface area contributed by atoms with Crippen LogP contribution in [-0.4, -0.2) is 28.6 Å². The lowest BCUT2D eigenvalue weighted by Gasteiger charge is -2.43. The van der Waals surface area contributed by atoms with E-state index in [2.05, 4.69) is 30.7 Å². The fraction of sp³-hybridized carbons (Fsp3) is 0.625. The van der Waals surface area contributed by atoms with Crippen LogP contribution in [0.3, 0.4) is 0 Å². The molecule has 1 fully saturated rings. The number of carboxylic acids is 1. The minimum atomic E-state index is -0.886. The van der Waals surface area contributed by atoms with E-state index in [0.717, 1.165) is 17.9 Å². The minimum Gasteiger partial charge on any atom is -0.478 e. The number of pyridine rings is 1. The van der Waals surface area contributed by atoms with E-state index in [9.17, 15) is 9.90 Å². The molecule has 2 heterocycles. The fourth-order valence-corrected chi connectivity index (χ4v) is 3.33. The van der Waals surface area contributed by atoms with Gasteiger partial charge in [0.15, 0.2) is 0 Å². The molecule has 1 saturated heterocycles. The second-order valence-corrected chi connectivity index (χ2v) is 6.26. The summed E-state index contributed by atoms with van der Waals surface area (Å²) in [6, 6.07) is 2.27. The fourth-order valence-electron chi connectivity index (χ4n) is 3.33. The van der Waals surface area contributed by atoms with Crippen LogP contribution in [0.2, 0.25) is 0 Å². The van der Waals surface area contributed by atoms with Crippen LogP contribution in [0.25, 0.3) is 0 Å². The molecular weight excluding hydrogens is 252 g/mol. The molecular formula is C16H24N2O2. The number of carboxylic acid groups (broad SMARTS) is 1. The third-order valence-electron chi connectivity index (χ3n) is 4.43. The van der Waals surface area contributed by atoms with Crippen LogP contribution in [0.15, 0.2) is 6.07 Å². The van der Waals surface area contributed by atoms with Crippen molar-refractivity contribution in [3.63, 3.8) is 0 Å². The SMILES string of the molecule is Cc1cc(N2CC(C)CC(C)C2C)c(C(=O)O)c(C)n1. The maximum atomic E-state index is 11.6. The summed E-state index contributed by atoms with van der Waals surface area (Å²) in [5.41, 5.74) is 2.66. The van der Waals surface area contributed by atoms with Gasteiger partial charge < -0.3 is 10.0 Å². The van der Waals surface area contributed by atoms with E-state index in [1.54, 1.807) is 6.92 Å². The van der Waals surface area contributed by atoms with Crippen LogP contribution in [0.4, 0.5) is 5.69 Å². The molecule has 4 heteroatoms. The summed E-state index contributed by atoms with van der Waals surface area (Å²) in [5, 5.41) is 9.52. The molecule has 1 aromatic rings. The lowest BCUT2D eigenvalue weighted by Crippen LogP contribution is -2.46. The Morgan fingerprint density at radius 2 is 2.00 bits per heavy atom. The van der Waals surface area contributed by atoms with Gasteiger partial charge in [0, 0.05) is 18.3 Å². The summed E-state index contributed by atoms with van der Waals surface area (Å²) in [6.07, 6.45) is 1.20. The zero-order valence-corrected chi connectivity index (χ0v) is 13.0. The van der Waals surface area contributed by atoms with Crippen LogP contribution < -0.4 is 4.90 Å². The molecule has 1 aliphatic heterocycles. The topological polar surface area (TPSA) is 53.4 Å². The van der Waals surface area contributed by atoms with Gasteiger partial charge in [-0.15, -0.1) is 0 Å². The first-order chi connectivity index (χ1) is 9.31. The van der Waals surface area contributed by atoms with Gasteiger partial charge in [0.05, 0.1) is 11.4 Å². The first kappa shape index (κ1) is 14.8. The molecule has 0 spiro atoms. The number of carbonyl (C=O) groups is 1. The van der Waals surface area contributed by atoms with Crippen LogP contribution in [-0.2, 0) is 0 Å². The highest BCUT2D eigenvalue weighted by Gasteiger charge is 2.31. The molecule has 3 atom stereocenters. The highest BCUT2D eigenvalue weighted by Crippen LogP contribution is 2.34. The normalized spacial score (nSPS) is 26.6. The summed E-state index contributed by atoms with van der Waals surface area (Å²) in [4.78, 5) is 18.2. The Morgan fingerprint density at radius 3 is 2.60 bits per heavy atom. The van der Waals surface area contributed by atoms with Gasteiger partial charge in [0.2, 0.25) is 0 Å². The Bertz CT molecular complexity index is 527. The molecule has 1 aromatic heterocycles. The summed E-state index contributed by atoms with van der Waals surface area (Å²) >= 11 is 0. The second kappa shape index (κ2) is 5.43. The van der Waals surface area contributed by atoms with Crippen molar-refractivity contribution >= 4 is 11.7 Å². The molecule has 0 radical (unpaired) electrons. The molecule has 2 rings (SSSR count). The zero-order chi connectivity index (χ0) is 15.0. The number of nitrogens with zero attached hydrogens (tertiary/aromatic N) is 2. The van der Waals surface area contributed by atoms with Crippen molar-refractivity contribution in [1.29, 1.82) is 0 Å². The van der Waals surface area contributed by atoms with Gasteiger partial charge in [-0.1, -0.05) is 13.8 Å². The molecule has 0 aliphatic carbocycles.